The van der Waals surface area contributed by atoms with Gasteiger partial charge in [0.1, 0.15) is 5.60 Å². The summed E-state index contributed by atoms with van der Waals surface area (Å²) in [6.07, 6.45) is 2.60. The fourth-order valence-corrected chi connectivity index (χ4v) is 3.99. The van der Waals surface area contributed by atoms with Crippen molar-refractivity contribution in [2.45, 2.75) is 71.4 Å². The van der Waals surface area contributed by atoms with Crippen molar-refractivity contribution < 1.29 is 23.9 Å². The maximum atomic E-state index is 13.2. The summed E-state index contributed by atoms with van der Waals surface area (Å²) in [5, 5.41) is 2.70. The molecular weight excluding hydrogens is 356 g/mol. The lowest BCUT2D eigenvalue weighted by Crippen LogP contribution is -2.62. The lowest BCUT2D eigenvalue weighted by molar-refractivity contribution is -0.192. The number of rotatable bonds is 3. The number of ether oxygens (including phenoxy) is 1. The Morgan fingerprint density at radius 2 is 1.88 bits per heavy atom. The van der Waals surface area contributed by atoms with Crippen molar-refractivity contribution in [2.24, 2.45) is 5.92 Å². The highest BCUT2D eigenvalue weighted by molar-refractivity contribution is 8.13. The summed E-state index contributed by atoms with van der Waals surface area (Å²) in [7, 11) is 0. The molecular formula is C18H28N2O5S. The van der Waals surface area contributed by atoms with Crippen LogP contribution in [-0.4, -0.2) is 56.9 Å². The van der Waals surface area contributed by atoms with Crippen molar-refractivity contribution in [2.75, 3.05) is 12.3 Å². The first-order valence-electron chi connectivity index (χ1n) is 9.09. The van der Waals surface area contributed by atoms with Crippen molar-refractivity contribution >= 4 is 34.7 Å². The molecule has 0 aromatic heterocycles. The van der Waals surface area contributed by atoms with Crippen molar-refractivity contribution in [1.29, 1.82) is 0 Å². The molecule has 2 aliphatic rings. The number of hydrogen-bond acceptors (Lipinski definition) is 6. The highest BCUT2D eigenvalue weighted by atomic mass is 32.2. The molecule has 0 N–H and O–H groups in total. The minimum absolute atomic E-state index is 0.0462. The van der Waals surface area contributed by atoms with Gasteiger partial charge in [0, 0.05) is 31.6 Å². The van der Waals surface area contributed by atoms with E-state index in [2.05, 4.69) is 0 Å². The Hall–Kier alpha value is -1.57. The lowest BCUT2D eigenvalue weighted by Gasteiger charge is -2.45. The second-order valence-corrected chi connectivity index (χ2v) is 8.98. The number of fused-ring (bicyclic) bond motifs is 1. The standard InChI is InChI=1S/C18H28N2O5S/c1-12(21)26-11-13-7-5-9-15(22)19-10-6-8-14(20(19)16(13)23)17(24)25-18(2,3)4/h13-14H,5-11H2,1-4H3/t13-,14+/m1/s1. The third kappa shape index (κ3) is 5.22. The van der Waals surface area contributed by atoms with Crippen LogP contribution in [0.5, 0.6) is 0 Å². The number of nitrogens with zero attached hydrogens (tertiary/aromatic N) is 2. The largest absolute Gasteiger partial charge is 0.458 e. The number of hydrazine groups is 1. The Balaban J connectivity index is 2.27. The lowest BCUT2D eigenvalue weighted by atomic mass is 9.97. The molecule has 26 heavy (non-hydrogen) atoms. The molecule has 0 unspecified atom stereocenters. The van der Waals surface area contributed by atoms with Gasteiger partial charge in [-0.25, -0.2) is 9.80 Å². The molecule has 0 aromatic carbocycles. The molecule has 2 fully saturated rings. The summed E-state index contributed by atoms with van der Waals surface area (Å²) in [5.41, 5.74) is -0.668. The Kier molecular flexibility index (Phi) is 6.71. The first-order chi connectivity index (χ1) is 12.1. The van der Waals surface area contributed by atoms with Crippen molar-refractivity contribution in [3.63, 3.8) is 0 Å². The highest BCUT2D eigenvalue weighted by Gasteiger charge is 2.44. The number of hydrogen-bond donors (Lipinski definition) is 0. The van der Waals surface area contributed by atoms with Crippen LogP contribution >= 0.6 is 11.8 Å². The zero-order valence-electron chi connectivity index (χ0n) is 15.9. The van der Waals surface area contributed by atoms with Crippen LogP contribution in [0, 0.1) is 5.92 Å². The Morgan fingerprint density at radius 3 is 2.50 bits per heavy atom. The van der Waals surface area contributed by atoms with Gasteiger partial charge < -0.3 is 4.74 Å². The van der Waals surface area contributed by atoms with Gasteiger partial charge in [0.15, 0.2) is 11.2 Å². The molecule has 0 bridgehead atoms. The summed E-state index contributed by atoms with van der Waals surface area (Å²) >= 11 is 1.11. The van der Waals surface area contributed by atoms with Gasteiger partial charge in [0.25, 0.3) is 0 Å². The van der Waals surface area contributed by atoms with Crippen LogP contribution in [-0.2, 0) is 23.9 Å². The maximum absolute atomic E-state index is 13.2. The normalized spacial score (nSPS) is 24.6. The van der Waals surface area contributed by atoms with Gasteiger partial charge in [-0.3, -0.25) is 19.4 Å². The molecule has 0 aliphatic carbocycles. The summed E-state index contributed by atoms with van der Waals surface area (Å²) in [6.45, 7) is 7.23. The molecule has 2 rings (SSSR count). The average Bonchev–Trinajstić information content (AvgIpc) is 2.53. The number of esters is 1. The van der Waals surface area contributed by atoms with Crippen LogP contribution in [0.3, 0.4) is 0 Å². The van der Waals surface area contributed by atoms with Gasteiger partial charge in [0.2, 0.25) is 11.8 Å². The monoisotopic (exact) mass is 384 g/mol. The number of thioether (sulfide) groups is 1. The van der Waals surface area contributed by atoms with E-state index in [1.807, 2.05) is 0 Å². The van der Waals surface area contributed by atoms with Gasteiger partial charge in [-0.1, -0.05) is 11.8 Å². The molecule has 0 aromatic rings. The SMILES string of the molecule is CC(=O)SC[C@H]1CCCC(=O)N2CCC[C@@H](C(=O)OC(C)(C)C)N2C1=O. The Labute approximate surface area is 158 Å². The third-order valence-corrected chi connectivity index (χ3v) is 5.35. The number of amides is 2. The Morgan fingerprint density at radius 1 is 1.19 bits per heavy atom. The van der Waals surface area contributed by atoms with E-state index in [4.69, 9.17) is 4.74 Å². The minimum Gasteiger partial charge on any atom is -0.458 e. The molecule has 0 radical (unpaired) electrons. The summed E-state index contributed by atoms with van der Waals surface area (Å²) in [4.78, 5) is 49.7. The molecule has 8 heteroatoms. The van der Waals surface area contributed by atoms with Crippen LogP contribution in [0.1, 0.15) is 59.8 Å². The van der Waals surface area contributed by atoms with Crippen molar-refractivity contribution in [3.05, 3.63) is 0 Å². The van der Waals surface area contributed by atoms with E-state index < -0.39 is 17.6 Å². The van der Waals surface area contributed by atoms with E-state index in [9.17, 15) is 19.2 Å². The molecule has 2 amide bonds. The van der Waals surface area contributed by atoms with Gasteiger partial charge in [0.05, 0.1) is 0 Å². The smallest absolute Gasteiger partial charge is 0.331 e. The fraction of sp³-hybridized carbons (Fsp3) is 0.778. The van der Waals surface area contributed by atoms with E-state index in [0.29, 0.717) is 44.4 Å². The second-order valence-electron chi connectivity index (χ2n) is 7.78. The van der Waals surface area contributed by atoms with Gasteiger partial charge in [-0.05, 0) is 46.5 Å². The van der Waals surface area contributed by atoms with Crippen molar-refractivity contribution in [1.82, 2.24) is 10.0 Å². The van der Waals surface area contributed by atoms with E-state index in [-0.39, 0.29) is 22.8 Å². The highest BCUT2D eigenvalue weighted by Crippen LogP contribution is 2.29. The number of carbonyl (C=O) groups is 4. The zero-order chi connectivity index (χ0) is 19.5. The Bertz CT molecular complexity index is 587. The topological polar surface area (TPSA) is 84.0 Å². The molecule has 2 aliphatic heterocycles. The van der Waals surface area contributed by atoms with Gasteiger partial charge in [-0.15, -0.1) is 0 Å². The molecule has 2 saturated heterocycles. The average molecular weight is 384 g/mol. The second kappa shape index (κ2) is 8.41. The van der Waals surface area contributed by atoms with Crippen LogP contribution in [0.4, 0.5) is 0 Å². The molecule has 2 atom stereocenters. The first-order valence-corrected chi connectivity index (χ1v) is 10.1. The zero-order valence-corrected chi connectivity index (χ0v) is 16.8. The predicted molar refractivity (Wildman–Crippen MR) is 97.9 cm³/mol. The fourth-order valence-electron chi connectivity index (χ4n) is 3.25. The summed E-state index contributed by atoms with van der Waals surface area (Å²) in [5.74, 6) is -0.899. The first kappa shape index (κ1) is 20.7. The summed E-state index contributed by atoms with van der Waals surface area (Å²) in [6, 6.07) is -0.789. The molecule has 0 spiro atoms. The van der Waals surface area contributed by atoms with Crippen LogP contribution in [0.15, 0.2) is 0 Å². The van der Waals surface area contributed by atoms with E-state index in [1.165, 1.54) is 16.9 Å². The van der Waals surface area contributed by atoms with Gasteiger partial charge in [-0.2, -0.15) is 0 Å². The van der Waals surface area contributed by atoms with Crippen LogP contribution < -0.4 is 0 Å². The van der Waals surface area contributed by atoms with E-state index in [0.717, 1.165) is 11.8 Å². The van der Waals surface area contributed by atoms with Crippen molar-refractivity contribution in [3.8, 4) is 0 Å². The van der Waals surface area contributed by atoms with Crippen LogP contribution in [0.2, 0.25) is 0 Å². The number of carbonyl (C=O) groups excluding carboxylic acids is 4. The van der Waals surface area contributed by atoms with Crippen LogP contribution in [0.25, 0.3) is 0 Å². The van der Waals surface area contributed by atoms with E-state index >= 15 is 0 Å². The minimum atomic E-state index is -0.789. The predicted octanol–water partition coefficient (Wildman–Crippen LogP) is 2.14. The molecule has 7 nitrogen and oxygen atoms in total. The summed E-state index contributed by atoms with van der Waals surface area (Å²) < 4.78 is 5.49. The molecule has 2 heterocycles. The quantitative estimate of drug-likeness (QED) is 0.693. The van der Waals surface area contributed by atoms with Gasteiger partial charge >= 0.3 is 5.97 Å². The van der Waals surface area contributed by atoms with E-state index in [1.54, 1.807) is 20.8 Å². The third-order valence-electron chi connectivity index (χ3n) is 4.38. The molecule has 0 saturated carbocycles. The molecule has 146 valence electrons. The maximum Gasteiger partial charge on any atom is 0.331 e.